The van der Waals surface area contributed by atoms with Crippen LogP contribution in [0.4, 0.5) is 0 Å². The number of methoxy groups -OCH3 is 2. The van der Waals surface area contributed by atoms with Crippen LogP contribution in [0.5, 0.6) is 11.5 Å². The van der Waals surface area contributed by atoms with Gasteiger partial charge in [-0.2, -0.15) is 0 Å². The summed E-state index contributed by atoms with van der Waals surface area (Å²) in [5.41, 5.74) is 3.69. The first-order valence-electron chi connectivity index (χ1n) is 9.37. The molecule has 0 radical (unpaired) electrons. The van der Waals surface area contributed by atoms with Crippen molar-refractivity contribution >= 4 is 5.91 Å². The van der Waals surface area contributed by atoms with E-state index in [9.17, 15) is 4.79 Å². The number of hydrogen-bond acceptors (Lipinski definition) is 4. The van der Waals surface area contributed by atoms with E-state index in [0.29, 0.717) is 24.6 Å². The van der Waals surface area contributed by atoms with Crippen LogP contribution in [0, 0.1) is 0 Å². The van der Waals surface area contributed by atoms with Crippen molar-refractivity contribution in [2.75, 3.05) is 27.8 Å². The number of carbonyl (C=O) groups is 1. The number of nitrogens with one attached hydrogen (secondary N) is 1. The summed E-state index contributed by atoms with van der Waals surface area (Å²) in [7, 11) is 5.20. The molecule has 0 spiro atoms. The Hall–Kier alpha value is -2.53. The van der Waals surface area contributed by atoms with Gasteiger partial charge in [0.2, 0.25) is 5.91 Å². The Morgan fingerprint density at radius 2 is 1.93 bits per heavy atom. The maximum atomic E-state index is 12.5. The summed E-state index contributed by atoms with van der Waals surface area (Å²) < 4.78 is 10.6. The fraction of sp³-hybridized carbons (Fsp3) is 0.409. The highest BCUT2D eigenvalue weighted by Gasteiger charge is 2.21. The van der Waals surface area contributed by atoms with E-state index < -0.39 is 0 Å². The molecule has 0 fully saturated rings. The average Bonchev–Trinajstić information content (AvgIpc) is 2.68. The van der Waals surface area contributed by atoms with Gasteiger partial charge < -0.3 is 14.8 Å². The number of nitrogens with zero attached hydrogens (tertiary/aromatic N) is 1. The minimum Gasteiger partial charge on any atom is -0.493 e. The molecule has 0 heterocycles. The minimum absolute atomic E-state index is 0.0553. The zero-order chi connectivity index (χ0) is 19.2. The van der Waals surface area contributed by atoms with Crippen LogP contribution in [-0.2, 0) is 17.8 Å². The molecular weight excluding hydrogens is 340 g/mol. The molecule has 0 saturated carbocycles. The van der Waals surface area contributed by atoms with Gasteiger partial charge in [-0.15, -0.1) is 0 Å². The number of aryl methyl sites for hydroxylation is 1. The minimum atomic E-state index is 0.0553. The molecular formula is C22H28N2O3. The summed E-state index contributed by atoms with van der Waals surface area (Å²) in [6, 6.07) is 14.4. The van der Waals surface area contributed by atoms with Crippen LogP contribution in [0.3, 0.4) is 0 Å². The van der Waals surface area contributed by atoms with Gasteiger partial charge in [0, 0.05) is 6.54 Å². The third kappa shape index (κ3) is 4.80. The standard InChI is InChI=1S/C22H28N2O3/c1-24(14-16-11-12-20(26-2)21(13-16)27-3)15-22(25)23-19-10-6-8-17-7-4-5-9-18(17)19/h4-5,7,9,11-13,19H,6,8,10,14-15H2,1-3H3,(H,23,25)/t19-/m0/s1. The maximum Gasteiger partial charge on any atom is 0.234 e. The van der Waals surface area contributed by atoms with Crippen LogP contribution in [-0.4, -0.2) is 38.6 Å². The number of fused-ring (bicyclic) bond motifs is 1. The first kappa shape index (κ1) is 19.2. The molecule has 1 atom stereocenters. The monoisotopic (exact) mass is 368 g/mol. The summed E-state index contributed by atoms with van der Waals surface area (Å²) in [4.78, 5) is 14.6. The van der Waals surface area contributed by atoms with E-state index in [4.69, 9.17) is 9.47 Å². The van der Waals surface area contributed by atoms with Gasteiger partial charge in [-0.1, -0.05) is 30.3 Å². The molecule has 0 bridgehead atoms. The second kappa shape index (κ2) is 8.91. The molecule has 3 rings (SSSR count). The topological polar surface area (TPSA) is 50.8 Å². The van der Waals surface area contributed by atoms with Gasteiger partial charge in [0.05, 0.1) is 26.8 Å². The second-order valence-corrected chi connectivity index (χ2v) is 7.07. The number of hydrogen-bond donors (Lipinski definition) is 1. The van der Waals surface area contributed by atoms with Gasteiger partial charge in [0.25, 0.3) is 0 Å². The predicted molar refractivity (Wildman–Crippen MR) is 106 cm³/mol. The van der Waals surface area contributed by atoms with Gasteiger partial charge in [-0.3, -0.25) is 9.69 Å². The lowest BCUT2D eigenvalue weighted by Gasteiger charge is -2.27. The van der Waals surface area contributed by atoms with Crippen LogP contribution in [0.1, 0.15) is 35.6 Å². The molecule has 0 unspecified atom stereocenters. The predicted octanol–water partition coefficient (Wildman–Crippen LogP) is 3.33. The number of rotatable bonds is 7. The van der Waals surface area contributed by atoms with Crippen LogP contribution in [0.2, 0.25) is 0 Å². The summed E-state index contributed by atoms with van der Waals surface area (Å²) >= 11 is 0. The van der Waals surface area contributed by atoms with Crippen molar-refractivity contribution in [3.8, 4) is 11.5 Å². The lowest BCUT2D eigenvalue weighted by atomic mass is 9.88. The Morgan fingerprint density at radius 3 is 2.70 bits per heavy atom. The normalized spacial score (nSPS) is 15.9. The van der Waals surface area contributed by atoms with Gasteiger partial charge in [-0.05, 0) is 55.1 Å². The van der Waals surface area contributed by atoms with Crippen molar-refractivity contribution in [3.63, 3.8) is 0 Å². The highest BCUT2D eigenvalue weighted by Crippen LogP contribution is 2.30. The van der Waals surface area contributed by atoms with Crippen LogP contribution >= 0.6 is 0 Å². The molecule has 5 nitrogen and oxygen atoms in total. The molecule has 144 valence electrons. The fourth-order valence-corrected chi connectivity index (χ4v) is 3.74. The van der Waals surface area contributed by atoms with Crippen molar-refractivity contribution < 1.29 is 14.3 Å². The number of likely N-dealkylation sites (N-methyl/N-ethyl adjacent to an activating group) is 1. The third-order valence-corrected chi connectivity index (χ3v) is 5.02. The molecule has 1 amide bonds. The maximum absolute atomic E-state index is 12.5. The zero-order valence-electron chi connectivity index (χ0n) is 16.3. The SMILES string of the molecule is COc1ccc(CN(C)CC(=O)N[C@H]2CCCc3ccccc32)cc1OC. The Balaban J connectivity index is 1.57. The molecule has 1 aliphatic rings. The van der Waals surface area contributed by atoms with Crippen molar-refractivity contribution in [1.82, 2.24) is 10.2 Å². The fourth-order valence-electron chi connectivity index (χ4n) is 3.74. The van der Waals surface area contributed by atoms with E-state index in [2.05, 4.69) is 23.5 Å². The van der Waals surface area contributed by atoms with E-state index in [1.807, 2.05) is 36.2 Å². The first-order chi connectivity index (χ1) is 13.1. The molecule has 1 N–H and O–H groups in total. The van der Waals surface area contributed by atoms with Crippen molar-refractivity contribution in [1.29, 1.82) is 0 Å². The van der Waals surface area contributed by atoms with Crippen molar-refractivity contribution in [2.24, 2.45) is 0 Å². The molecule has 1 aliphatic carbocycles. The van der Waals surface area contributed by atoms with E-state index in [1.165, 1.54) is 11.1 Å². The van der Waals surface area contributed by atoms with Crippen molar-refractivity contribution in [3.05, 3.63) is 59.2 Å². The van der Waals surface area contributed by atoms with E-state index in [0.717, 1.165) is 24.8 Å². The molecule has 0 aromatic heterocycles. The van der Waals surface area contributed by atoms with Gasteiger partial charge >= 0.3 is 0 Å². The number of carbonyl (C=O) groups excluding carboxylic acids is 1. The highest BCUT2D eigenvalue weighted by atomic mass is 16.5. The molecule has 27 heavy (non-hydrogen) atoms. The number of amides is 1. The molecule has 2 aromatic carbocycles. The van der Waals surface area contributed by atoms with E-state index in [1.54, 1.807) is 14.2 Å². The van der Waals surface area contributed by atoms with Crippen LogP contribution in [0.25, 0.3) is 0 Å². The Kier molecular flexibility index (Phi) is 6.35. The van der Waals surface area contributed by atoms with Crippen LogP contribution in [0.15, 0.2) is 42.5 Å². The zero-order valence-corrected chi connectivity index (χ0v) is 16.3. The summed E-state index contributed by atoms with van der Waals surface area (Å²) in [5.74, 6) is 1.46. The summed E-state index contributed by atoms with van der Waals surface area (Å²) in [6.07, 6.45) is 3.22. The molecule has 2 aromatic rings. The lowest BCUT2D eigenvalue weighted by molar-refractivity contribution is -0.122. The number of benzene rings is 2. The Bertz CT molecular complexity index is 791. The van der Waals surface area contributed by atoms with Gasteiger partial charge in [0.15, 0.2) is 11.5 Å². The van der Waals surface area contributed by atoms with Gasteiger partial charge in [-0.25, -0.2) is 0 Å². The van der Waals surface area contributed by atoms with E-state index in [-0.39, 0.29) is 11.9 Å². The Morgan fingerprint density at radius 1 is 1.15 bits per heavy atom. The third-order valence-electron chi connectivity index (χ3n) is 5.02. The lowest BCUT2D eigenvalue weighted by Crippen LogP contribution is -2.38. The largest absolute Gasteiger partial charge is 0.493 e. The van der Waals surface area contributed by atoms with Crippen LogP contribution < -0.4 is 14.8 Å². The summed E-state index contributed by atoms with van der Waals surface area (Å²) in [6.45, 7) is 1.02. The highest BCUT2D eigenvalue weighted by molar-refractivity contribution is 5.78. The molecule has 0 aliphatic heterocycles. The second-order valence-electron chi connectivity index (χ2n) is 7.07. The van der Waals surface area contributed by atoms with Gasteiger partial charge in [0.1, 0.15) is 0 Å². The average molecular weight is 368 g/mol. The smallest absolute Gasteiger partial charge is 0.234 e. The summed E-state index contributed by atoms with van der Waals surface area (Å²) in [5, 5.41) is 3.21. The Labute approximate surface area is 161 Å². The molecule has 5 heteroatoms. The van der Waals surface area contributed by atoms with Crippen molar-refractivity contribution in [2.45, 2.75) is 31.8 Å². The quantitative estimate of drug-likeness (QED) is 0.814. The van der Waals surface area contributed by atoms with E-state index >= 15 is 0 Å². The molecule has 0 saturated heterocycles. The first-order valence-corrected chi connectivity index (χ1v) is 9.37. The number of ether oxygens (including phenoxy) is 2.